The summed E-state index contributed by atoms with van der Waals surface area (Å²) in [5.74, 6) is 0.124. The fourth-order valence-corrected chi connectivity index (χ4v) is 2.27. The molecule has 0 aliphatic carbocycles. The molecule has 0 saturated carbocycles. The quantitative estimate of drug-likeness (QED) is 0.679. The van der Waals surface area contributed by atoms with E-state index in [9.17, 15) is 23.3 Å². The summed E-state index contributed by atoms with van der Waals surface area (Å²) in [4.78, 5) is 15.0. The SMILES string of the molecule is O=[N+]([O-])c1ccc(N2c3ncccc3NC2C(F)(F)F)cc1. The number of alkyl halides is 3. The summed E-state index contributed by atoms with van der Waals surface area (Å²) in [6.45, 7) is 0. The molecule has 0 amide bonds. The number of halogens is 3. The molecule has 1 unspecified atom stereocenters. The van der Waals surface area contributed by atoms with E-state index in [1.807, 2.05) is 0 Å². The van der Waals surface area contributed by atoms with Gasteiger partial charge < -0.3 is 5.32 Å². The van der Waals surface area contributed by atoms with Crippen LogP contribution in [0, 0.1) is 10.1 Å². The van der Waals surface area contributed by atoms with Crippen molar-refractivity contribution in [3.63, 3.8) is 0 Å². The molecule has 0 radical (unpaired) electrons. The molecule has 0 bridgehead atoms. The van der Waals surface area contributed by atoms with Gasteiger partial charge in [0.1, 0.15) is 0 Å². The molecule has 0 spiro atoms. The number of anilines is 3. The maximum Gasteiger partial charge on any atom is 0.427 e. The normalized spacial score (nSPS) is 17.0. The molecule has 2 aromatic rings. The summed E-state index contributed by atoms with van der Waals surface area (Å²) in [6, 6.07) is 7.86. The molecular formula is C13H9F3N4O2. The average Bonchev–Trinajstić information content (AvgIpc) is 2.87. The number of pyridine rings is 1. The van der Waals surface area contributed by atoms with Crippen LogP contribution in [0.5, 0.6) is 0 Å². The Labute approximate surface area is 122 Å². The lowest BCUT2D eigenvalue weighted by Crippen LogP contribution is -2.44. The lowest BCUT2D eigenvalue weighted by molar-refractivity contribution is -0.384. The van der Waals surface area contributed by atoms with Crippen LogP contribution in [-0.2, 0) is 0 Å². The van der Waals surface area contributed by atoms with Gasteiger partial charge >= 0.3 is 6.18 Å². The Kier molecular flexibility index (Phi) is 3.12. The third-order valence-electron chi connectivity index (χ3n) is 3.21. The zero-order chi connectivity index (χ0) is 15.9. The largest absolute Gasteiger partial charge is 0.427 e. The first-order chi connectivity index (χ1) is 10.4. The number of fused-ring (bicyclic) bond motifs is 1. The van der Waals surface area contributed by atoms with Gasteiger partial charge in [-0.1, -0.05) is 0 Å². The highest BCUT2D eigenvalue weighted by molar-refractivity contribution is 5.79. The van der Waals surface area contributed by atoms with Crippen LogP contribution >= 0.6 is 0 Å². The zero-order valence-corrected chi connectivity index (χ0v) is 10.9. The van der Waals surface area contributed by atoms with Crippen molar-refractivity contribution in [2.45, 2.75) is 12.3 Å². The smallest absolute Gasteiger partial charge is 0.354 e. The van der Waals surface area contributed by atoms with Gasteiger partial charge in [-0.3, -0.25) is 15.0 Å². The van der Waals surface area contributed by atoms with Crippen molar-refractivity contribution < 1.29 is 18.1 Å². The van der Waals surface area contributed by atoms with Gasteiger partial charge in [-0.2, -0.15) is 13.2 Å². The molecule has 3 rings (SSSR count). The van der Waals surface area contributed by atoms with Crippen LogP contribution in [0.1, 0.15) is 0 Å². The van der Waals surface area contributed by atoms with Crippen LogP contribution < -0.4 is 10.2 Å². The van der Waals surface area contributed by atoms with Crippen LogP contribution in [0.2, 0.25) is 0 Å². The lowest BCUT2D eigenvalue weighted by atomic mass is 10.2. The van der Waals surface area contributed by atoms with Crippen molar-refractivity contribution >= 4 is 22.9 Å². The van der Waals surface area contributed by atoms with E-state index in [2.05, 4.69) is 10.3 Å². The topological polar surface area (TPSA) is 71.3 Å². The van der Waals surface area contributed by atoms with Gasteiger partial charge in [0.2, 0.25) is 6.17 Å². The van der Waals surface area contributed by atoms with Gasteiger partial charge in [-0.15, -0.1) is 0 Å². The fraction of sp³-hybridized carbons (Fsp3) is 0.154. The Morgan fingerprint density at radius 1 is 1.23 bits per heavy atom. The Balaban J connectivity index is 2.06. The second-order valence-electron chi connectivity index (χ2n) is 4.61. The van der Waals surface area contributed by atoms with E-state index in [0.717, 1.165) is 17.0 Å². The molecule has 9 heteroatoms. The van der Waals surface area contributed by atoms with Crippen molar-refractivity contribution in [2.24, 2.45) is 0 Å². The lowest BCUT2D eigenvalue weighted by Gasteiger charge is -2.27. The number of hydrogen-bond acceptors (Lipinski definition) is 5. The van der Waals surface area contributed by atoms with E-state index < -0.39 is 17.3 Å². The summed E-state index contributed by atoms with van der Waals surface area (Å²) in [5.41, 5.74) is 0.224. The summed E-state index contributed by atoms with van der Waals surface area (Å²) < 4.78 is 39.7. The molecule has 1 aliphatic rings. The third-order valence-corrected chi connectivity index (χ3v) is 3.21. The first-order valence-electron chi connectivity index (χ1n) is 6.20. The fourth-order valence-electron chi connectivity index (χ4n) is 2.27. The maximum atomic E-state index is 13.2. The molecule has 22 heavy (non-hydrogen) atoms. The van der Waals surface area contributed by atoms with Gasteiger partial charge in [0.15, 0.2) is 5.82 Å². The second kappa shape index (κ2) is 4.86. The van der Waals surface area contributed by atoms with Crippen molar-refractivity contribution in [3.05, 3.63) is 52.7 Å². The summed E-state index contributed by atoms with van der Waals surface area (Å²) >= 11 is 0. The summed E-state index contributed by atoms with van der Waals surface area (Å²) in [5, 5.41) is 13.0. The molecule has 1 aromatic heterocycles. The van der Waals surface area contributed by atoms with Gasteiger partial charge in [-0.25, -0.2) is 4.98 Å². The van der Waals surface area contributed by atoms with E-state index in [1.54, 1.807) is 0 Å². The summed E-state index contributed by atoms with van der Waals surface area (Å²) in [6.07, 6.45) is -5.13. The van der Waals surface area contributed by atoms with Gasteiger partial charge in [-0.05, 0) is 24.3 Å². The summed E-state index contributed by atoms with van der Waals surface area (Å²) in [7, 11) is 0. The van der Waals surface area contributed by atoms with Crippen molar-refractivity contribution in [2.75, 3.05) is 10.2 Å². The monoisotopic (exact) mass is 310 g/mol. The van der Waals surface area contributed by atoms with Crippen molar-refractivity contribution in [1.82, 2.24) is 4.98 Å². The molecule has 6 nitrogen and oxygen atoms in total. The second-order valence-corrected chi connectivity index (χ2v) is 4.61. The number of nitrogens with zero attached hydrogens (tertiary/aromatic N) is 3. The average molecular weight is 310 g/mol. The van der Waals surface area contributed by atoms with Crippen LogP contribution in [0.3, 0.4) is 0 Å². The van der Waals surface area contributed by atoms with E-state index >= 15 is 0 Å². The van der Waals surface area contributed by atoms with Gasteiger partial charge in [0.05, 0.1) is 10.6 Å². The first-order valence-corrected chi connectivity index (χ1v) is 6.20. The van der Waals surface area contributed by atoms with E-state index in [1.165, 1.54) is 30.5 Å². The highest BCUT2D eigenvalue weighted by Crippen LogP contribution is 2.43. The first kappa shape index (κ1) is 14.1. The Bertz CT molecular complexity index is 718. The standard InChI is InChI=1S/C13H9F3N4O2/c14-13(15,16)12-18-10-2-1-7-17-11(10)19(12)8-3-5-9(6-4-8)20(21)22/h1-7,12,18H. The van der Waals surface area contributed by atoms with Crippen LogP contribution in [-0.4, -0.2) is 22.2 Å². The number of hydrogen-bond donors (Lipinski definition) is 1. The zero-order valence-electron chi connectivity index (χ0n) is 10.9. The Morgan fingerprint density at radius 3 is 2.50 bits per heavy atom. The number of nitrogens with one attached hydrogen (secondary N) is 1. The number of benzene rings is 1. The maximum absolute atomic E-state index is 13.2. The minimum Gasteiger partial charge on any atom is -0.354 e. The molecular weight excluding hydrogens is 301 g/mol. The van der Waals surface area contributed by atoms with E-state index in [0.29, 0.717) is 0 Å². The minimum absolute atomic E-state index is 0.124. The highest BCUT2D eigenvalue weighted by atomic mass is 19.4. The highest BCUT2D eigenvalue weighted by Gasteiger charge is 2.49. The number of nitro benzene ring substituents is 1. The third kappa shape index (κ3) is 2.30. The van der Waals surface area contributed by atoms with Crippen molar-refractivity contribution in [1.29, 1.82) is 0 Å². The van der Waals surface area contributed by atoms with Gasteiger partial charge in [0, 0.05) is 24.0 Å². The minimum atomic E-state index is -4.54. The number of rotatable bonds is 2. The predicted molar refractivity (Wildman–Crippen MR) is 72.9 cm³/mol. The number of non-ortho nitro benzene ring substituents is 1. The Hall–Kier alpha value is -2.84. The molecule has 1 N–H and O–H groups in total. The predicted octanol–water partition coefficient (Wildman–Crippen LogP) is 3.44. The van der Waals surface area contributed by atoms with Gasteiger partial charge in [0.25, 0.3) is 5.69 Å². The molecule has 0 saturated heterocycles. The molecule has 1 atom stereocenters. The van der Waals surface area contributed by atoms with Crippen LogP contribution in [0.25, 0.3) is 0 Å². The molecule has 1 aliphatic heterocycles. The molecule has 1 aromatic carbocycles. The van der Waals surface area contributed by atoms with Crippen molar-refractivity contribution in [3.8, 4) is 0 Å². The van der Waals surface area contributed by atoms with Crippen LogP contribution in [0.15, 0.2) is 42.6 Å². The number of aromatic nitrogens is 1. The number of nitro groups is 1. The van der Waals surface area contributed by atoms with E-state index in [4.69, 9.17) is 0 Å². The molecule has 114 valence electrons. The Morgan fingerprint density at radius 2 is 1.91 bits per heavy atom. The van der Waals surface area contributed by atoms with Crippen LogP contribution in [0.4, 0.5) is 36.1 Å². The molecule has 2 heterocycles. The molecule has 0 fully saturated rings. The van der Waals surface area contributed by atoms with E-state index in [-0.39, 0.29) is 22.9 Å².